The molecule has 0 amide bonds. The second-order valence-corrected chi connectivity index (χ2v) is 28.3. The number of esters is 3. The summed E-state index contributed by atoms with van der Waals surface area (Å²) < 4.78 is 61.0. The van der Waals surface area contributed by atoms with Crippen molar-refractivity contribution in [1.82, 2.24) is 0 Å². The summed E-state index contributed by atoms with van der Waals surface area (Å²) in [5.41, 5.74) is 0. The van der Waals surface area contributed by atoms with Crippen LogP contribution in [0.3, 0.4) is 0 Å². The van der Waals surface area contributed by atoms with Crippen molar-refractivity contribution in [2.24, 2.45) is 0 Å². The Balaban J connectivity index is 4.48. The third-order valence-corrected chi connectivity index (χ3v) is 17.9. The number of aliphatic hydroxyl groups excluding tert-OH is 2. The van der Waals surface area contributed by atoms with Crippen molar-refractivity contribution in [1.29, 1.82) is 0 Å². The van der Waals surface area contributed by atoms with Gasteiger partial charge in [0.2, 0.25) is 0 Å². The van der Waals surface area contributed by atoms with Gasteiger partial charge in [0.1, 0.15) is 25.4 Å². The molecule has 0 aliphatic rings. The number of phosphoric acid groups is 2. The minimum atomic E-state index is -4.93. The molecule has 5 atom stereocenters. The fourth-order valence-corrected chi connectivity index (χ4v) is 11.8. The van der Waals surface area contributed by atoms with Gasteiger partial charge in [0.15, 0.2) is 6.10 Å². The van der Waals surface area contributed by atoms with Gasteiger partial charge in [-0.15, -0.1) is 0 Å². The molecule has 5 unspecified atom stereocenters. The van der Waals surface area contributed by atoms with Gasteiger partial charge in [0.05, 0.1) is 26.4 Å². The first kappa shape index (κ1) is 93.2. The molecule has 0 saturated carbocycles. The number of hydrogen-bond donors (Lipinski definition) is 4. The van der Waals surface area contributed by atoms with E-state index < -0.39 is 91.5 Å². The fourth-order valence-electron chi connectivity index (χ4n) is 10.2. The number of carbonyl (C=O) groups excluding carboxylic acids is 3. The molecule has 0 radical (unpaired) electrons. The van der Waals surface area contributed by atoms with Gasteiger partial charge < -0.3 is 34.2 Å². The molecule has 560 valence electrons. The Morgan fingerprint density at radius 3 is 0.866 bits per heavy atom. The molecule has 0 heterocycles. The van der Waals surface area contributed by atoms with Crippen molar-refractivity contribution >= 4 is 33.6 Å². The number of ether oxygens (including phenoxy) is 3. The van der Waals surface area contributed by atoms with Crippen LogP contribution in [-0.4, -0.2) is 95.9 Å². The zero-order valence-corrected chi connectivity index (χ0v) is 62.8. The lowest BCUT2D eigenvalue weighted by molar-refractivity contribution is -0.161. The predicted octanol–water partition coefficient (Wildman–Crippen LogP) is 22.0. The number of allylic oxidation sites excluding steroid dienone is 18. The van der Waals surface area contributed by atoms with Crippen molar-refractivity contribution in [3.8, 4) is 0 Å². The third kappa shape index (κ3) is 73.3. The maximum Gasteiger partial charge on any atom is 0.472 e. The van der Waals surface area contributed by atoms with Gasteiger partial charge in [0, 0.05) is 19.3 Å². The number of phosphoric ester groups is 2. The van der Waals surface area contributed by atoms with Crippen LogP contribution in [0.2, 0.25) is 0 Å². The highest BCUT2D eigenvalue weighted by Crippen LogP contribution is 2.45. The first-order chi connectivity index (χ1) is 47.2. The van der Waals surface area contributed by atoms with Crippen molar-refractivity contribution in [3.63, 3.8) is 0 Å². The van der Waals surface area contributed by atoms with E-state index in [2.05, 4.69) is 130 Å². The molecule has 18 heteroatoms. The molecular weight excluding hydrogens is 1270 g/mol. The van der Waals surface area contributed by atoms with E-state index in [4.69, 9.17) is 32.3 Å². The van der Waals surface area contributed by atoms with E-state index in [1.807, 2.05) is 0 Å². The van der Waals surface area contributed by atoms with Crippen LogP contribution < -0.4 is 0 Å². The van der Waals surface area contributed by atoms with E-state index in [0.29, 0.717) is 19.3 Å². The predicted molar refractivity (Wildman–Crippen MR) is 399 cm³/mol. The summed E-state index contributed by atoms with van der Waals surface area (Å²) in [5, 5.41) is 20.6. The van der Waals surface area contributed by atoms with Gasteiger partial charge in [-0.25, -0.2) is 9.13 Å². The maximum absolute atomic E-state index is 12.9. The largest absolute Gasteiger partial charge is 0.472 e. The molecule has 0 aliphatic carbocycles. The molecule has 0 aromatic rings. The molecule has 0 aliphatic heterocycles. The average Bonchev–Trinajstić information content (AvgIpc) is 1.64. The van der Waals surface area contributed by atoms with Gasteiger partial charge in [-0.05, 0) is 103 Å². The normalized spacial score (nSPS) is 14.7. The van der Waals surface area contributed by atoms with E-state index in [1.165, 1.54) is 109 Å². The topological polar surface area (TPSA) is 231 Å². The molecule has 0 aromatic carbocycles. The van der Waals surface area contributed by atoms with Gasteiger partial charge in [-0.3, -0.25) is 32.5 Å². The fraction of sp³-hybridized carbons (Fsp3) is 0.734. The summed E-state index contributed by atoms with van der Waals surface area (Å²) in [6.07, 6.45) is 82.8. The average molecular weight is 1410 g/mol. The van der Waals surface area contributed by atoms with Crippen molar-refractivity contribution in [2.45, 2.75) is 334 Å². The summed E-state index contributed by atoms with van der Waals surface area (Å²) in [6, 6.07) is 0. The Labute approximate surface area is 590 Å². The summed E-state index contributed by atoms with van der Waals surface area (Å²) in [4.78, 5) is 58.5. The zero-order valence-electron chi connectivity index (χ0n) is 61.0. The Bertz CT molecular complexity index is 2200. The van der Waals surface area contributed by atoms with Crippen LogP contribution in [0.15, 0.2) is 109 Å². The zero-order chi connectivity index (χ0) is 70.9. The number of unbranched alkanes of at least 4 members (excludes halogenated alkanes) is 31. The second kappa shape index (κ2) is 72.0. The molecule has 0 fully saturated rings. The van der Waals surface area contributed by atoms with E-state index in [9.17, 15) is 43.5 Å². The number of carbonyl (C=O) groups is 3. The lowest BCUT2D eigenvalue weighted by Gasteiger charge is -2.21. The number of rotatable bonds is 72. The molecule has 0 rings (SSSR count). The van der Waals surface area contributed by atoms with Crippen molar-refractivity contribution < 1.29 is 75.8 Å². The van der Waals surface area contributed by atoms with Gasteiger partial charge >= 0.3 is 33.6 Å². The standard InChI is InChI=1S/C79H138O16P2/c1-4-7-10-13-16-19-22-25-27-29-31-32-33-34-35-36-37-38-39-40-42-44-45-48-50-53-56-59-62-65-77(82)89-68-74(80)69-91-96(85,86)92-70-75(81)71-93-97(87,88)94-73-76(95-79(84)67-64-61-58-55-52-47-24-21-18-15-12-9-6-3)72-90-78(83)66-63-60-57-54-51-49-46-43-41-30-28-26-23-20-17-14-11-8-5-2/h7-8,10-11,16-17,19-20,25-28,31-32,34-35,41,43,74-76,80-81H,4-6,9,12-15,18,21-24,29-30,33,36-40,42,44-73H2,1-3H3,(H,85,86)(H,87,88)/b10-7-,11-8-,19-16-,20-17-,27-25-,28-26-,32-31-,35-34-,43-41-. The van der Waals surface area contributed by atoms with Crippen LogP contribution in [0, 0.1) is 0 Å². The number of aliphatic hydroxyl groups is 2. The van der Waals surface area contributed by atoms with Gasteiger partial charge in [-0.2, -0.15) is 0 Å². The van der Waals surface area contributed by atoms with Crippen LogP contribution in [0.4, 0.5) is 0 Å². The SMILES string of the molecule is CC/C=C\C/C=C\C/C=C\C/C=C\C/C=C\CCCCCCCCCCCCCCCC(=O)OCC(O)COP(=O)(O)OCC(O)COP(=O)(O)OCC(COC(=O)CCCCCCCC/C=C\C/C=C\C/C=C\C/C=C\CC)OC(=O)CCCCCCCCCCCCCCC. The summed E-state index contributed by atoms with van der Waals surface area (Å²) in [7, 11) is -9.78. The Morgan fingerprint density at radius 1 is 0.299 bits per heavy atom. The second-order valence-electron chi connectivity index (χ2n) is 25.4. The van der Waals surface area contributed by atoms with Crippen LogP contribution in [0.1, 0.15) is 316 Å². The van der Waals surface area contributed by atoms with Gasteiger partial charge in [0.25, 0.3) is 0 Å². The van der Waals surface area contributed by atoms with Crippen LogP contribution in [-0.2, 0) is 55.8 Å². The molecular formula is C79H138O16P2. The van der Waals surface area contributed by atoms with E-state index in [0.717, 1.165) is 148 Å². The lowest BCUT2D eigenvalue weighted by Crippen LogP contribution is -2.30. The van der Waals surface area contributed by atoms with Gasteiger partial charge in [-0.1, -0.05) is 304 Å². The first-order valence-electron chi connectivity index (χ1n) is 38.2. The molecule has 0 saturated heterocycles. The first-order valence-corrected chi connectivity index (χ1v) is 41.2. The highest BCUT2D eigenvalue weighted by molar-refractivity contribution is 7.47. The highest BCUT2D eigenvalue weighted by Gasteiger charge is 2.29. The molecule has 0 aromatic heterocycles. The monoisotopic (exact) mass is 1400 g/mol. The molecule has 4 N–H and O–H groups in total. The minimum Gasteiger partial charge on any atom is -0.463 e. The maximum atomic E-state index is 12.9. The lowest BCUT2D eigenvalue weighted by atomic mass is 10.0. The van der Waals surface area contributed by atoms with Crippen LogP contribution in [0.5, 0.6) is 0 Å². The van der Waals surface area contributed by atoms with Crippen LogP contribution in [0.25, 0.3) is 0 Å². The van der Waals surface area contributed by atoms with E-state index >= 15 is 0 Å². The number of hydrogen-bond acceptors (Lipinski definition) is 14. The summed E-state index contributed by atoms with van der Waals surface area (Å²) in [5.74, 6) is -1.58. The Hall–Kier alpha value is -3.79. The van der Waals surface area contributed by atoms with Crippen LogP contribution >= 0.6 is 15.6 Å². The highest BCUT2D eigenvalue weighted by atomic mass is 31.2. The molecule has 0 spiro atoms. The molecule has 97 heavy (non-hydrogen) atoms. The van der Waals surface area contributed by atoms with E-state index in [1.54, 1.807) is 0 Å². The Kier molecular flexibility index (Phi) is 69.2. The van der Waals surface area contributed by atoms with Crippen molar-refractivity contribution in [3.05, 3.63) is 109 Å². The molecule has 0 bridgehead atoms. The smallest absolute Gasteiger partial charge is 0.463 e. The summed E-state index contributed by atoms with van der Waals surface area (Å²) in [6.45, 7) is 2.46. The quantitative estimate of drug-likeness (QED) is 0.0146. The Morgan fingerprint density at radius 2 is 0.546 bits per heavy atom. The van der Waals surface area contributed by atoms with E-state index in [-0.39, 0.29) is 19.3 Å². The molecule has 16 nitrogen and oxygen atoms in total. The third-order valence-electron chi connectivity index (χ3n) is 16.0. The summed E-state index contributed by atoms with van der Waals surface area (Å²) >= 11 is 0. The van der Waals surface area contributed by atoms with Crippen molar-refractivity contribution in [2.75, 3.05) is 39.6 Å². The minimum absolute atomic E-state index is 0.104.